The lowest BCUT2D eigenvalue weighted by molar-refractivity contribution is -0.143. The van der Waals surface area contributed by atoms with E-state index in [1.54, 1.807) is 17.3 Å². The molecule has 0 aromatic carbocycles. The molecule has 0 atom stereocenters. The van der Waals surface area contributed by atoms with Gasteiger partial charge in [-0.05, 0) is 42.4 Å². The molecule has 8 heteroatoms. The van der Waals surface area contributed by atoms with Crippen LogP contribution in [0.15, 0.2) is 24.5 Å². The third-order valence-corrected chi connectivity index (χ3v) is 5.80. The van der Waals surface area contributed by atoms with Gasteiger partial charge in [0.25, 0.3) is 0 Å². The summed E-state index contributed by atoms with van der Waals surface area (Å²) in [6.07, 6.45) is 6.67. The van der Waals surface area contributed by atoms with Crippen molar-refractivity contribution in [3.8, 4) is 0 Å². The van der Waals surface area contributed by atoms with E-state index in [1.165, 1.54) is 11.9 Å². The minimum atomic E-state index is -0.602. The largest absolute Gasteiger partial charge is 0.351 e. The molecule has 1 aromatic rings. The molecule has 2 aliphatic rings. The number of nitrogens with zero attached hydrogens (tertiary/aromatic N) is 4. The maximum atomic E-state index is 12.4. The van der Waals surface area contributed by atoms with E-state index in [0.29, 0.717) is 26.1 Å². The van der Waals surface area contributed by atoms with Crippen molar-refractivity contribution in [3.05, 3.63) is 30.1 Å². The van der Waals surface area contributed by atoms with Gasteiger partial charge in [0.15, 0.2) is 0 Å². The molecule has 27 heavy (non-hydrogen) atoms. The van der Waals surface area contributed by atoms with Gasteiger partial charge in [-0.1, -0.05) is 0 Å². The fourth-order valence-corrected chi connectivity index (χ4v) is 3.97. The first-order chi connectivity index (χ1) is 12.9. The Labute approximate surface area is 159 Å². The monoisotopic (exact) mass is 373 g/mol. The van der Waals surface area contributed by atoms with E-state index in [-0.39, 0.29) is 23.8 Å². The normalized spacial score (nSPS) is 19.2. The van der Waals surface area contributed by atoms with Gasteiger partial charge >= 0.3 is 6.03 Å². The summed E-state index contributed by atoms with van der Waals surface area (Å²) in [6.45, 7) is 2.66. The maximum Gasteiger partial charge on any atom is 0.314 e. The highest BCUT2D eigenvalue weighted by atomic mass is 16.2. The Morgan fingerprint density at radius 1 is 1.22 bits per heavy atom. The first-order valence-electron chi connectivity index (χ1n) is 9.34. The fraction of sp³-hybridized carbons (Fsp3) is 0.579. The standard InChI is InChI=1S/C19H27N5O3/c1-22(18(20)27)13-17(26)23-10-6-19(7-11-23)5-2-16(25)24(14-19)12-15-3-8-21-9-4-15/h3-4,8-9H,2,5-7,10-14H2,1H3,(H2,20,27). The number of carbonyl (C=O) groups is 3. The van der Waals surface area contributed by atoms with E-state index in [0.717, 1.165) is 31.4 Å². The lowest BCUT2D eigenvalue weighted by atomic mass is 9.72. The molecule has 0 aliphatic carbocycles. The molecule has 0 saturated carbocycles. The van der Waals surface area contributed by atoms with Gasteiger partial charge in [-0.2, -0.15) is 0 Å². The van der Waals surface area contributed by atoms with Crippen LogP contribution in [0.4, 0.5) is 4.79 Å². The summed E-state index contributed by atoms with van der Waals surface area (Å²) in [5, 5.41) is 0. The second-order valence-electron chi connectivity index (χ2n) is 7.68. The Morgan fingerprint density at radius 2 is 1.89 bits per heavy atom. The number of hydrogen-bond donors (Lipinski definition) is 1. The van der Waals surface area contributed by atoms with Gasteiger partial charge in [-0.15, -0.1) is 0 Å². The number of likely N-dealkylation sites (tertiary alicyclic amines) is 2. The number of primary amides is 1. The summed E-state index contributed by atoms with van der Waals surface area (Å²) in [4.78, 5) is 44.8. The molecular formula is C19H27N5O3. The summed E-state index contributed by atoms with van der Waals surface area (Å²) < 4.78 is 0. The Balaban J connectivity index is 1.57. The van der Waals surface area contributed by atoms with E-state index in [4.69, 9.17) is 5.73 Å². The van der Waals surface area contributed by atoms with Crippen molar-refractivity contribution in [1.82, 2.24) is 19.7 Å². The van der Waals surface area contributed by atoms with Gasteiger partial charge in [0.1, 0.15) is 6.54 Å². The van der Waals surface area contributed by atoms with Crippen LogP contribution < -0.4 is 5.73 Å². The number of nitrogens with two attached hydrogens (primary N) is 1. The highest BCUT2D eigenvalue weighted by molar-refractivity contribution is 5.83. The van der Waals surface area contributed by atoms with Crippen molar-refractivity contribution in [2.24, 2.45) is 11.1 Å². The molecule has 146 valence electrons. The molecular weight excluding hydrogens is 346 g/mol. The quantitative estimate of drug-likeness (QED) is 0.844. The number of aromatic nitrogens is 1. The van der Waals surface area contributed by atoms with Crippen molar-refractivity contribution in [1.29, 1.82) is 0 Å². The van der Waals surface area contributed by atoms with Crippen molar-refractivity contribution in [2.75, 3.05) is 33.2 Å². The molecule has 8 nitrogen and oxygen atoms in total. The lowest BCUT2D eigenvalue weighted by Gasteiger charge is -2.47. The van der Waals surface area contributed by atoms with Crippen LogP contribution in [0.3, 0.4) is 0 Å². The van der Waals surface area contributed by atoms with Crippen molar-refractivity contribution in [2.45, 2.75) is 32.2 Å². The molecule has 1 aromatic heterocycles. The number of amides is 4. The number of urea groups is 1. The number of rotatable bonds is 4. The molecule has 1 spiro atoms. The van der Waals surface area contributed by atoms with Crippen LogP contribution in [0.2, 0.25) is 0 Å². The summed E-state index contributed by atoms with van der Waals surface area (Å²) in [7, 11) is 1.52. The molecule has 2 fully saturated rings. The maximum absolute atomic E-state index is 12.4. The second-order valence-corrected chi connectivity index (χ2v) is 7.68. The van der Waals surface area contributed by atoms with Gasteiger partial charge in [0.2, 0.25) is 11.8 Å². The molecule has 0 radical (unpaired) electrons. The lowest BCUT2D eigenvalue weighted by Crippen LogP contribution is -2.53. The third-order valence-electron chi connectivity index (χ3n) is 5.80. The Hall–Kier alpha value is -2.64. The molecule has 2 N–H and O–H groups in total. The van der Waals surface area contributed by atoms with Gasteiger partial charge < -0.3 is 20.4 Å². The molecule has 0 bridgehead atoms. The van der Waals surface area contributed by atoms with E-state index in [1.807, 2.05) is 17.0 Å². The SMILES string of the molecule is CN(CC(=O)N1CCC2(CCC(=O)N(Cc3ccncc3)C2)CC1)C(N)=O. The van der Waals surface area contributed by atoms with E-state index < -0.39 is 6.03 Å². The molecule has 0 unspecified atom stereocenters. The first kappa shape index (κ1) is 19.1. The highest BCUT2D eigenvalue weighted by Gasteiger charge is 2.41. The summed E-state index contributed by atoms with van der Waals surface area (Å²) in [6, 6.07) is 3.27. The van der Waals surface area contributed by atoms with E-state index in [9.17, 15) is 14.4 Å². The number of piperidine rings is 2. The Kier molecular flexibility index (Phi) is 5.62. The van der Waals surface area contributed by atoms with Crippen LogP contribution in [0.1, 0.15) is 31.2 Å². The van der Waals surface area contributed by atoms with Gasteiger partial charge in [-0.25, -0.2) is 4.79 Å². The average molecular weight is 373 g/mol. The zero-order valence-corrected chi connectivity index (χ0v) is 15.8. The van der Waals surface area contributed by atoms with Crippen LogP contribution in [0, 0.1) is 5.41 Å². The minimum Gasteiger partial charge on any atom is -0.351 e. The highest BCUT2D eigenvalue weighted by Crippen LogP contribution is 2.40. The summed E-state index contributed by atoms with van der Waals surface area (Å²) in [5.74, 6) is 0.116. The molecule has 3 heterocycles. The number of pyridine rings is 1. The third kappa shape index (κ3) is 4.56. The zero-order chi connectivity index (χ0) is 19.4. The van der Waals surface area contributed by atoms with Crippen molar-refractivity contribution < 1.29 is 14.4 Å². The number of likely N-dealkylation sites (N-methyl/N-ethyl adjacent to an activating group) is 1. The fourth-order valence-electron chi connectivity index (χ4n) is 3.97. The zero-order valence-electron chi connectivity index (χ0n) is 15.8. The predicted octanol–water partition coefficient (Wildman–Crippen LogP) is 0.823. The number of hydrogen-bond acceptors (Lipinski definition) is 4. The molecule has 3 rings (SSSR count). The molecule has 2 aliphatic heterocycles. The van der Waals surface area contributed by atoms with Gasteiger partial charge in [-0.3, -0.25) is 14.6 Å². The Morgan fingerprint density at radius 3 is 2.52 bits per heavy atom. The van der Waals surface area contributed by atoms with Crippen molar-refractivity contribution >= 4 is 17.8 Å². The Bertz CT molecular complexity index is 701. The number of carbonyl (C=O) groups excluding carboxylic acids is 3. The van der Waals surface area contributed by atoms with Crippen LogP contribution in [-0.2, 0) is 16.1 Å². The van der Waals surface area contributed by atoms with E-state index in [2.05, 4.69) is 4.98 Å². The first-order valence-corrected chi connectivity index (χ1v) is 9.34. The smallest absolute Gasteiger partial charge is 0.314 e. The topological polar surface area (TPSA) is 99.8 Å². The van der Waals surface area contributed by atoms with Crippen LogP contribution in [0.5, 0.6) is 0 Å². The van der Waals surface area contributed by atoms with E-state index >= 15 is 0 Å². The molecule has 2 saturated heterocycles. The van der Waals surface area contributed by atoms with Crippen LogP contribution in [-0.4, -0.2) is 70.8 Å². The van der Waals surface area contributed by atoms with Crippen LogP contribution in [0.25, 0.3) is 0 Å². The molecule has 4 amide bonds. The summed E-state index contributed by atoms with van der Waals surface area (Å²) in [5.41, 5.74) is 6.35. The minimum absolute atomic E-state index is 0.00892. The predicted molar refractivity (Wildman–Crippen MR) is 99.3 cm³/mol. The van der Waals surface area contributed by atoms with Gasteiger partial charge in [0.05, 0.1) is 0 Å². The van der Waals surface area contributed by atoms with Crippen molar-refractivity contribution in [3.63, 3.8) is 0 Å². The van der Waals surface area contributed by atoms with Gasteiger partial charge in [0, 0.05) is 52.0 Å². The average Bonchev–Trinajstić information content (AvgIpc) is 2.66. The second kappa shape index (κ2) is 7.94. The summed E-state index contributed by atoms with van der Waals surface area (Å²) >= 11 is 0. The van der Waals surface area contributed by atoms with Crippen LogP contribution >= 0.6 is 0 Å².